The number of rotatable bonds is 7. The third kappa shape index (κ3) is 5.68. The van der Waals surface area contributed by atoms with E-state index in [0.29, 0.717) is 25.5 Å². The van der Waals surface area contributed by atoms with E-state index in [1.54, 1.807) is 7.11 Å². The lowest BCUT2D eigenvalue weighted by atomic mass is 10.1. The first-order valence-corrected chi connectivity index (χ1v) is 6.22. The first kappa shape index (κ1) is 14.5. The van der Waals surface area contributed by atoms with Gasteiger partial charge in [-0.15, -0.1) is 0 Å². The zero-order valence-corrected chi connectivity index (χ0v) is 11.1. The molecular formula is C14H22N2O2. The number of methoxy groups -OCH3 is 1. The predicted molar refractivity (Wildman–Crippen MR) is 73.2 cm³/mol. The number of nitrogens with one attached hydrogen (secondary N) is 1. The third-order valence-corrected chi connectivity index (χ3v) is 2.69. The van der Waals surface area contributed by atoms with Gasteiger partial charge in [0.2, 0.25) is 5.91 Å². The van der Waals surface area contributed by atoms with Crippen LogP contribution in [0.25, 0.3) is 0 Å². The maximum absolute atomic E-state index is 11.6. The van der Waals surface area contributed by atoms with E-state index in [2.05, 4.69) is 5.32 Å². The monoisotopic (exact) mass is 250 g/mol. The van der Waals surface area contributed by atoms with Crippen molar-refractivity contribution in [1.29, 1.82) is 0 Å². The summed E-state index contributed by atoms with van der Waals surface area (Å²) >= 11 is 0. The van der Waals surface area contributed by atoms with Gasteiger partial charge < -0.3 is 15.8 Å². The molecule has 0 radical (unpaired) electrons. The molecule has 1 rings (SSSR count). The number of aryl methyl sites for hydroxylation is 1. The average molecular weight is 250 g/mol. The zero-order valence-electron chi connectivity index (χ0n) is 11.1. The normalized spacial score (nSPS) is 12.1. The summed E-state index contributed by atoms with van der Waals surface area (Å²) in [7, 11) is 1.66. The molecule has 1 aromatic carbocycles. The van der Waals surface area contributed by atoms with E-state index in [1.165, 1.54) is 0 Å². The highest BCUT2D eigenvalue weighted by atomic mass is 16.5. The van der Waals surface area contributed by atoms with Crippen LogP contribution in [0.1, 0.15) is 18.9 Å². The summed E-state index contributed by atoms with van der Waals surface area (Å²) in [4.78, 5) is 11.6. The maximum Gasteiger partial charge on any atom is 0.220 e. The van der Waals surface area contributed by atoms with Gasteiger partial charge in [0.25, 0.3) is 0 Å². The lowest BCUT2D eigenvalue weighted by molar-refractivity contribution is -0.121. The first-order valence-electron chi connectivity index (χ1n) is 6.22. The molecule has 0 aromatic heterocycles. The van der Waals surface area contributed by atoms with Crippen LogP contribution in [0, 0.1) is 5.92 Å². The molecule has 3 N–H and O–H groups in total. The summed E-state index contributed by atoms with van der Waals surface area (Å²) in [5.74, 6) is 0.409. The number of carbonyl (C=O) groups is 1. The SMILES string of the molecule is COCC(C)CNC(=O)CCc1cccc(N)c1. The Hall–Kier alpha value is -1.55. The second kappa shape index (κ2) is 7.71. The number of benzene rings is 1. The molecule has 1 amide bonds. The van der Waals surface area contributed by atoms with E-state index in [0.717, 1.165) is 17.7 Å². The van der Waals surface area contributed by atoms with Gasteiger partial charge in [-0.3, -0.25) is 4.79 Å². The molecule has 0 bridgehead atoms. The Labute approximate surface area is 109 Å². The number of anilines is 1. The first-order chi connectivity index (χ1) is 8.61. The van der Waals surface area contributed by atoms with Gasteiger partial charge in [-0.05, 0) is 30.0 Å². The van der Waals surface area contributed by atoms with Crippen LogP contribution in [0.5, 0.6) is 0 Å². The van der Waals surface area contributed by atoms with Gasteiger partial charge in [-0.2, -0.15) is 0 Å². The number of carbonyl (C=O) groups excluding carboxylic acids is 1. The van der Waals surface area contributed by atoms with E-state index < -0.39 is 0 Å². The smallest absolute Gasteiger partial charge is 0.220 e. The minimum Gasteiger partial charge on any atom is -0.399 e. The number of hydrogen-bond acceptors (Lipinski definition) is 3. The van der Waals surface area contributed by atoms with Gasteiger partial charge in [-0.1, -0.05) is 19.1 Å². The molecular weight excluding hydrogens is 228 g/mol. The van der Waals surface area contributed by atoms with E-state index in [1.807, 2.05) is 31.2 Å². The van der Waals surface area contributed by atoms with Crippen LogP contribution in [0.3, 0.4) is 0 Å². The van der Waals surface area contributed by atoms with Crippen LogP contribution in [-0.2, 0) is 16.0 Å². The molecule has 0 aliphatic heterocycles. The van der Waals surface area contributed by atoms with Gasteiger partial charge >= 0.3 is 0 Å². The Bertz CT molecular complexity index is 380. The highest BCUT2D eigenvalue weighted by Gasteiger charge is 2.05. The lowest BCUT2D eigenvalue weighted by Gasteiger charge is -2.11. The van der Waals surface area contributed by atoms with Gasteiger partial charge in [-0.25, -0.2) is 0 Å². The molecule has 4 nitrogen and oxygen atoms in total. The molecule has 100 valence electrons. The summed E-state index contributed by atoms with van der Waals surface area (Å²) in [6.45, 7) is 3.36. The molecule has 0 heterocycles. The number of nitrogen functional groups attached to an aromatic ring is 1. The van der Waals surface area contributed by atoms with Crippen LogP contribution < -0.4 is 11.1 Å². The minimum absolute atomic E-state index is 0.0698. The Morgan fingerprint density at radius 3 is 2.94 bits per heavy atom. The van der Waals surface area contributed by atoms with Crippen LogP contribution in [0.15, 0.2) is 24.3 Å². The van der Waals surface area contributed by atoms with Gasteiger partial charge in [0.15, 0.2) is 0 Å². The van der Waals surface area contributed by atoms with Gasteiger partial charge in [0.05, 0.1) is 6.61 Å². The zero-order chi connectivity index (χ0) is 13.4. The second-order valence-corrected chi connectivity index (χ2v) is 4.61. The third-order valence-electron chi connectivity index (χ3n) is 2.69. The lowest BCUT2D eigenvalue weighted by Crippen LogP contribution is -2.30. The van der Waals surface area contributed by atoms with Crippen LogP contribution >= 0.6 is 0 Å². The van der Waals surface area contributed by atoms with E-state index in [-0.39, 0.29) is 5.91 Å². The van der Waals surface area contributed by atoms with Crippen molar-refractivity contribution in [2.45, 2.75) is 19.8 Å². The number of hydrogen-bond donors (Lipinski definition) is 2. The molecule has 0 saturated carbocycles. The molecule has 1 unspecified atom stereocenters. The topological polar surface area (TPSA) is 64.3 Å². The Kier molecular flexibility index (Phi) is 6.22. The molecule has 18 heavy (non-hydrogen) atoms. The van der Waals surface area contributed by atoms with Crippen molar-refractivity contribution in [3.63, 3.8) is 0 Å². The Morgan fingerprint density at radius 1 is 1.50 bits per heavy atom. The van der Waals surface area contributed by atoms with Crippen molar-refractivity contribution >= 4 is 11.6 Å². The summed E-state index contributed by atoms with van der Waals surface area (Å²) in [6, 6.07) is 7.64. The number of nitrogens with two attached hydrogens (primary N) is 1. The number of ether oxygens (including phenoxy) is 1. The fraction of sp³-hybridized carbons (Fsp3) is 0.500. The fourth-order valence-electron chi connectivity index (χ4n) is 1.73. The van der Waals surface area contributed by atoms with Crippen molar-refractivity contribution < 1.29 is 9.53 Å². The molecule has 1 atom stereocenters. The summed E-state index contributed by atoms with van der Waals surface area (Å²) in [6.07, 6.45) is 1.21. The quantitative estimate of drug-likeness (QED) is 0.722. The molecule has 0 aliphatic rings. The fourth-order valence-corrected chi connectivity index (χ4v) is 1.73. The van der Waals surface area contributed by atoms with E-state index in [4.69, 9.17) is 10.5 Å². The van der Waals surface area contributed by atoms with Crippen LogP contribution in [0.4, 0.5) is 5.69 Å². The van der Waals surface area contributed by atoms with Crippen LogP contribution in [0.2, 0.25) is 0 Å². The minimum atomic E-state index is 0.0698. The molecule has 0 spiro atoms. The van der Waals surface area contributed by atoms with Gasteiger partial charge in [0.1, 0.15) is 0 Å². The van der Waals surface area contributed by atoms with Crippen molar-refractivity contribution in [3.05, 3.63) is 29.8 Å². The van der Waals surface area contributed by atoms with Gasteiger partial charge in [0, 0.05) is 25.8 Å². The van der Waals surface area contributed by atoms with Crippen molar-refractivity contribution in [2.75, 3.05) is 26.0 Å². The maximum atomic E-state index is 11.6. The molecule has 0 fully saturated rings. The largest absolute Gasteiger partial charge is 0.399 e. The van der Waals surface area contributed by atoms with Crippen molar-refractivity contribution in [3.8, 4) is 0 Å². The Balaban J connectivity index is 2.25. The van der Waals surface area contributed by atoms with Crippen molar-refractivity contribution in [1.82, 2.24) is 5.32 Å². The highest BCUT2D eigenvalue weighted by molar-refractivity contribution is 5.76. The number of amides is 1. The Morgan fingerprint density at radius 2 is 2.28 bits per heavy atom. The second-order valence-electron chi connectivity index (χ2n) is 4.61. The van der Waals surface area contributed by atoms with E-state index in [9.17, 15) is 4.79 Å². The molecule has 1 aromatic rings. The van der Waals surface area contributed by atoms with E-state index >= 15 is 0 Å². The predicted octanol–water partition coefficient (Wildman–Crippen LogP) is 1.60. The molecule has 0 aliphatic carbocycles. The summed E-state index contributed by atoms with van der Waals surface area (Å²) in [5.41, 5.74) is 7.51. The standard InChI is InChI=1S/C14H22N2O2/c1-11(10-18-2)9-16-14(17)7-6-12-4-3-5-13(15)8-12/h3-5,8,11H,6-7,9-10,15H2,1-2H3,(H,16,17). The van der Waals surface area contributed by atoms with Crippen LogP contribution in [-0.4, -0.2) is 26.2 Å². The molecule has 0 saturated heterocycles. The molecule has 4 heteroatoms. The average Bonchev–Trinajstić information content (AvgIpc) is 2.34. The summed E-state index contributed by atoms with van der Waals surface area (Å²) < 4.78 is 5.01. The summed E-state index contributed by atoms with van der Waals surface area (Å²) in [5, 5.41) is 2.90. The highest BCUT2D eigenvalue weighted by Crippen LogP contribution is 2.08. The van der Waals surface area contributed by atoms with Crippen molar-refractivity contribution in [2.24, 2.45) is 5.92 Å².